The summed E-state index contributed by atoms with van der Waals surface area (Å²) < 4.78 is 0. The zero-order valence-corrected chi connectivity index (χ0v) is 28.5. The average Bonchev–Trinajstić information content (AvgIpc) is 2.78. The van der Waals surface area contributed by atoms with Crippen LogP contribution in [0, 0.1) is 22.9 Å². The predicted octanol–water partition coefficient (Wildman–Crippen LogP) is 11.1. The summed E-state index contributed by atoms with van der Waals surface area (Å²) in [7, 11) is -2.94. The van der Waals surface area contributed by atoms with Gasteiger partial charge < -0.3 is 0 Å². The highest BCUT2D eigenvalue weighted by Gasteiger charge is 2.19. The molecule has 0 aliphatic carbocycles. The second kappa shape index (κ2) is 12.6. The number of hydrogen-bond acceptors (Lipinski definition) is 2. The molecule has 0 fully saturated rings. The van der Waals surface area contributed by atoms with Crippen LogP contribution in [0.4, 0.5) is 11.4 Å². The first-order valence-corrected chi connectivity index (χ1v) is 21.2. The quantitative estimate of drug-likeness (QED) is 0.197. The highest BCUT2D eigenvalue weighted by Crippen LogP contribution is 2.40. The lowest BCUT2D eigenvalue weighted by atomic mass is 9.90. The minimum absolute atomic E-state index is 0.323. The summed E-state index contributed by atoms with van der Waals surface area (Å²) >= 11 is 0. The van der Waals surface area contributed by atoms with Gasteiger partial charge in [0.2, 0.25) is 0 Å². The van der Waals surface area contributed by atoms with E-state index in [1.165, 1.54) is 22.3 Å². The molecule has 2 nitrogen and oxygen atoms in total. The smallest absolute Gasteiger partial charge is 0.129 e. The molecule has 0 heterocycles. The van der Waals surface area contributed by atoms with Crippen LogP contribution < -0.4 is 0 Å². The van der Waals surface area contributed by atoms with E-state index in [0.717, 1.165) is 22.5 Å². The molecule has 2 aromatic carbocycles. The molecule has 0 saturated carbocycles. The zero-order valence-electron chi connectivity index (χ0n) is 26.5. The summed E-state index contributed by atoms with van der Waals surface area (Å²) in [5.74, 6) is 8.26. The minimum Gasteiger partial charge on any atom is -0.150 e. The van der Waals surface area contributed by atoms with Gasteiger partial charge in [0.1, 0.15) is 16.1 Å². The van der Waals surface area contributed by atoms with Gasteiger partial charge in [0.05, 0.1) is 11.4 Å². The van der Waals surface area contributed by atoms with Crippen LogP contribution in [0.3, 0.4) is 0 Å². The lowest BCUT2D eigenvalue weighted by Crippen LogP contribution is -2.16. The Hall–Kier alpha value is -2.41. The molecule has 204 valence electrons. The Morgan fingerprint density at radius 2 is 0.711 bits per heavy atom. The van der Waals surface area contributed by atoms with E-state index in [-0.39, 0.29) is 0 Å². The van der Waals surface area contributed by atoms with Crippen LogP contribution >= 0.6 is 0 Å². The summed E-state index contributed by atoms with van der Waals surface area (Å²) in [6, 6.07) is 8.94. The maximum absolute atomic E-state index is 5.03. The standard InChI is InChI=1S/C34H50N2Si2/c1-23(2)29-19-27(15-17-37(9,10)11)20-30(24(3)4)33(29)35-36-34-31(25(5)6)21-28(16-18-38(12,13)14)22-32(34)26(7)8/h19-26H,1-14H3/b36-35+. The number of hydrogen-bond donors (Lipinski definition) is 0. The molecule has 2 rings (SSSR count). The van der Waals surface area contributed by atoms with E-state index in [1.54, 1.807) is 0 Å². The van der Waals surface area contributed by atoms with Crippen LogP contribution in [-0.2, 0) is 0 Å². The third kappa shape index (κ3) is 9.11. The molecule has 0 aromatic heterocycles. The predicted molar refractivity (Wildman–Crippen MR) is 174 cm³/mol. The molecule has 0 radical (unpaired) electrons. The second-order valence-electron chi connectivity index (χ2n) is 13.8. The van der Waals surface area contributed by atoms with Gasteiger partial charge in [-0.3, -0.25) is 0 Å². The van der Waals surface area contributed by atoms with Gasteiger partial charge in [-0.25, -0.2) is 0 Å². The molecule has 2 aromatic rings. The van der Waals surface area contributed by atoms with Gasteiger partial charge in [-0.1, -0.05) is 107 Å². The lowest BCUT2D eigenvalue weighted by molar-refractivity contribution is 0.818. The second-order valence-corrected chi connectivity index (χ2v) is 23.3. The van der Waals surface area contributed by atoms with Crippen molar-refractivity contribution in [2.75, 3.05) is 0 Å². The third-order valence-corrected chi connectivity index (χ3v) is 7.99. The topological polar surface area (TPSA) is 24.7 Å². The number of azo groups is 1. The Bertz CT molecular complexity index is 1130. The molecular formula is C34H50N2Si2. The summed E-state index contributed by atoms with van der Waals surface area (Å²) in [5.41, 5.74) is 16.1. The molecular weight excluding hydrogens is 493 g/mol. The van der Waals surface area contributed by atoms with Crippen molar-refractivity contribution in [1.82, 2.24) is 0 Å². The van der Waals surface area contributed by atoms with E-state index >= 15 is 0 Å². The van der Waals surface area contributed by atoms with Crippen LogP contribution in [0.2, 0.25) is 39.3 Å². The van der Waals surface area contributed by atoms with Gasteiger partial charge in [-0.2, -0.15) is 0 Å². The van der Waals surface area contributed by atoms with Crippen molar-refractivity contribution in [3.63, 3.8) is 0 Å². The molecule has 4 heteroatoms. The number of benzene rings is 2. The van der Waals surface area contributed by atoms with Crippen molar-refractivity contribution >= 4 is 27.5 Å². The van der Waals surface area contributed by atoms with Gasteiger partial charge in [0, 0.05) is 11.1 Å². The fourth-order valence-corrected chi connectivity index (χ4v) is 5.15. The molecule has 0 aliphatic heterocycles. The molecule has 0 aliphatic rings. The van der Waals surface area contributed by atoms with E-state index < -0.39 is 16.1 Å². The van der Waals surface area contributed by atoms with Crippen molar-refractivity contribution in [3.8, 4) is 22.9 Å². The Kier molecular flexibility index (Phi) is 10.6. The lowest BCUT2D eigenvalue weighted by Gasteiger charge is -2.19. The molecule has 0 spiro atoms. The monoisotopic (exact) mass is 542 g/mol. The van der Waals surface area contributed by atoms with Crippen molar-refractivity contribution in [1.29, 1.82) is 0 Å². The Morgan fingerprint density at radius 3 is 0.895 bits per heavy atom. The highest BCUT2D eigenvalue weighted by molar-refractivity contribution is 6.84. The van der Waals surface area contributed by atoms with Gasteiger partial charge in [0.15, 0.2) is 0 Å². The van der Waals surface area contributed by atoms with Gasteiger partial charge in [0.25, 0.3) is 0 Å². The zero-order chi connectivity index (χ0) is 29.0. The van der Waals surface area contributed by atoms with Crippen LogP contribution in [0.25, 0.3) is 0 Å². The molecule has 0 atom stereocenters. The SMILES string of the molecule is CC(C)c1cc(C#C[Si](C)(C)C)cc(C(C)C)c1/N=N/c1c(C(C)C)cc(C#C[Si](C)(C)C)cc1C(C)C. The van der Waals surface area contributed by atoms with Crippen LogP contribution in [0.5, 0.6) is 0 Å². The Balaban J connectivity index is 2.80. The summed E-state index contributed by atoms with van der Waals surface area (Å²) in [6.45, 7) is 31.6. The van der Waals surface area contributed by atoms with Gasteiger partial charge >= 0.3 is 0 Å². The largest absolute Gasteiger partial charge is 0.150 e. The molecule has 0 N–H and O–H groups in total. The number of nitrogens with zero attached hydrogens (tertiary/aromatic N) is 2. The first-order valence-electron chi connectivity index (χ1n) is 14.2. The summed E-state index contributed by atoms with van der Waals surface area (Å²) in [5, 5.41) is 10.1. The van der Waals surface area contributed by atoms with Gasteiger partial charge in [-0.05, 0) is 70.2 Å². The Morgan fingerprint density at radius 1 is 0.474 bits per heavy atom. The first kappa shape index (κ1) is 31.8. The van der Waals surface area contributed by atoms with E-state index in [9.17, 15) is 0 Å². The fourth-order valence-electron chi connectivity index (χ4n) is 4.12. The van der Waals surface area contributed by atoms with Crippen molar-refractivity contribution in [2.45, 2.75) is 118 Å². The van der Waals surface area contributed by atoms with E-state index in [1.807, 2.05) is 0 Å². The average molecular weight is 543 g/mol. The van der Waals surface area contributed by atoms with E-state index in [4.69, 9.17) is 10.2 Å². The third-order valence-electron chi connectivity index (χ3n) is 6.24. The highest BCUT2D eigenvalue weighted by atomic mass is 28.3. The summed E-state index contributed by atoms with van der Waals surface area (Å²) in [4.78, 5) is 0. The van der Waals surface area contributed by atoms with Crippen LogP contribution in [0.1, 0.15) is 112 Å². The fraction of sp³-hybridized carbons (Fsp3) is 0.529. The van der Waals surface area contributed by atoms with E-state index in [2.05, 4.69) is 142 Å². The maximum Gasteiger partial charge on any atom is 0.129 e. The molecule has 0 saturated heterocycles. The molecule has 0 unspecified atom stereocenters. The normalized spacial score (nSPS) is 12.4. The minimum atomic E-state index is -1.47. The molecule has 38 heavy (non-hydrogen) atoms. The first-order chi connectivity index (χ1) is 17.4. The Labute approximate surface area is 236 Å². The van der Waals surface area contributed by atoms with Crippen molar-refractivity contribution in [3.05, 3.63) is 57.6 Å². The molecule has 0 bridgehead atoms. The van der Waals surface area contributed by atoms with Crippen molar-refractivity contribution < 1.29 is 0 Å². The van der Waals surface area contributed by atoms with E-state index in [0.29, 0.717) is 23.7 Å². The van der Waals surface area contributed by atoms with Crippen molar-refractivity contribution in [2.24, 2.45) is 10.2 Å². The van der Waals surface area contributed by atoms with Crippen LogP contribution in [0.15, 0.2) is 34.5 Å². The molecule has 0 amide bonds. The maximum atomic E-state index is 5.03. The number of rotatable bonds is 6. The van der Waals surface area contributed by atoms with Gasteiger partial charge in [-0.15, -0.1) is 21.3 Å². The summed E-state index contributed by atoms with van der Waals surface area (Å²) in [6.07, 6.45) is 0. The van der Waals surface area contributed by atoms with Crippen LogP contribution in [-0.4, -0.2) is 16.1 Å².